The van der Waals surface area contributed by atoms with Crippen molar-refractivity contribution in [2.24, 2.45) is 5.92 Å². The number of carbonyl (C=O) groups is 1. The lowest BCUT2D eigenvalue weighted by atomic mass is 10.0. The standard InChI is InChI=1S/C12H17N3O5/c1-7(2)5-8(6-16)13-11-10(15(19)20)4-3-9(14-11)12(17)18/h3-4,7-8,16H,5-6H2,1-2H3,(H,13,14)(H,17,18). The second-order valence-corrected chi connectivity index (χ2v) is 4.78. The van der Waals surface area contributed by atoms with E-state index in [1.165, 1.54) is 0 Å². The van der Waals surface area contributed by atoms with Gasteiger partial charge < -0.3 is 15.5 Å². The normalized spacial score (nSPS) is 12.2. The monoisotopic (exact) mass is 283 g/mol. The average molecular weight is 283 g/mol. The molecule has 1 rings (SSSR count). The quantitative estimate of drug-likeness (QED) is 0.511. The van der Waals surface area contributed by atoms with Crippen molar-refractivity contribution in [3.63, 3.8) is 0 Å². The van der Waals surface area contributed by atoms with Crippen LogP contribution in [0.2, 0.25) is 0 Å². The van der Waals surface area contributed by atoms with Crippen molar-refractivity contribution in [1.82, 2.24) is 4.98 Å². The van der Waals surface area contributed by atoms with Gasteiger partial charge in [0.1, 0.15) is 0 Å². The first-order valence-electron chi connectivity index (χ1n) is 6.11. The molecule has 0 radical (unpaired) electrons. The van der Waals surface area contributed by atoms with Crippen LogP contribution >= 0.6 is 0 Å². The Kier molecular flexibility index (Phi) is 5.39. The molecule has 0 aromatic carbocycles. The van der Waals surface area contributed by atoms with E-state index in [0.29, 0.717) is 6.42 Å². The van der Waals surface area contributed by atoms with Gasteiger partial charge in [0.2, 0.25) is 5.82 Å². The van der Waals surface area contributed by atoms with E-state index in [2.05, 4.69) is 10.3 Å². The minimum atomic E-state index is -1.27. The van der Waals surface area contributed by atoms with Gasteiger partial charge in [0.15, 0.2) is 5.69 Å². The minimum Gasteiger partial charge on any atom is -0.477 e. The van der Waals surface area contributed by atoms with Crippen LogP contribution in [0, 0.1) is 16.0 Å². The Balaban J connectivity index is 3.08. The molecule has 0 aliphatic carbocycles. The maximum atomic E-state index is 10.9. The molecule has 20 heavy (non-hydrogen) atoms. The lowest BCUT2D eigenvalue weighted by molar-refractivity contribution is -0.384. The molecule has 1 aromatic rings. The highest BCUT2D eigenvalue weighted by molar-refractivity contribution is 5.86. The number of aliphatic hydroxyl groups excluding tert-OH is 1. The smallest absolute Gasteiger partial charge is 0.354 e. The van der Waals surface area contributed by atoms with E-state index in [-0.39, 0.29) is 29.7 Å². The molecule has 0 amide bonds. The molecule has 8 heteroatoms. The maximum absolute atomic E-state index is 10.9. The SMILES string of the molecule is CC(C)CC(CO)Nc1nc(C(=O)O)ccc1[N+](=O)[O-]. The van der Waals surface area contributed by atoms with Gasteiger partial charge in [0.25, 0.3) is 0 Å². The number of carboxylic acids is 1. The number of anilines is 1. The molecule has 1 atom stereocenters. The number of nitrogens with one attached hydrogen (secondary N) is 1. The number of nitro groups is 1. The van der Waals surface area contributed by atoms with Gasteiger partial charge in [0, 0.05) is 6.07 Å². The van der Waals surface area contributed by atoms with Crippen molar-refractivity contribution >= 4 is 17.5 Å². The van der Waals surface area contributed by atoms with Gasteiger partial charge in [-0.2, -0.15) is 0 Å². The molecular formula is C12H17N3O5. The van der Waals surface area contributed by atoms with Crippen molar-refractivity contribution in [2.75, 3.05) is 11.9 Å². The third-order valence-corrected chi connectivity index (χ3v) is 2.61. The Morgan fingerprint density at radius 3 is 2.60 bits per heavy atom. The fourth-order valence-electron chi connectivity index (χ4n) is 1.77. The van der Waals surface area contributed by atoms with Gasteiger partial charge in [-0.25, -0.2) is 9.78 Å². The Bertz CT molecular complexity index is 504. The molecule has 1 unspecified atom stereocenters. The van der Waals surface area contributed by atoms with E-state index in [9.17, 15) is 20.0 Å². The number of hydrogen-bond acceptors (Lipinski definition) is 6. The van der Waals surface area contributed by atoms with Crippen molar-refractivity contribution in [3.05, 3.63) is 27.9 Å². The van der Waals surface area contributed by atoms with Gasteiger partial charge in [-0.3, -0.25) is 10.1 Å². The molecule has 3 N–H and O–H groups in total. The number of carboxylic acid groups (broad SMARTS) is 1. The summed E-state index contributed by atoms with van der Waals surface area (Å²) in [6, 6.07) is 1.73. The molecule has 0 saturated heterocycles. The zero-order valence-corrected chi connectivity index (χ0v) is 11.2. The van der Waals surface area contributed by atoms with Crippen molar-refractivity contribution in [1.29, 1.82) is 0 Å². The number of rotatable bonds is 7. The Morgan fingerprint density at radius 1 is 1.50 bits per heavy atom. The van der Waals surface area contributed by atoms with Crippen LogP contribution in [0.4, 0.5) is 11.5 Å². The number of aromatic nitrogens is 1. The van der Waals surface area contributed by atoms with Crippen LogP contribution in [0.3, 0.4) is 0 Å². The highest BCUT2D eigenvalue weighted by atomic mass is 16.6. The van der Waals surface area contributed by atoms with E-state index >= 15 is 0 Å². The summed E-state index contributed by atoms with van der Waals surface area (Å²) in [4.78, 5) is 24.8. The molecule has 1 aromatic heterocycles. The fraction of sp³-hybridized carbons (Fsp3) is 0.500. The molecule has 0 aliphatic heterocycles. The van der Waals surface area contributed by atoms with Gasteiger partial charge in [-0.05, 0) is 18.4 Å². The first-order valence-corrected chi connectivity index (χ1v) is 6.11. The first-order chi connectivity index (χ1) is 9.35. The second kappa shape index (κ2) is 6.80. The number of aliphatic hydroxyl groups is 1. The summed E-state index contributed by atoms with van der Waals surface area (Å²) < 4.78 is 0. The molecular weight excluding hydrogens is 266 g/mol. The third kappa shape index (κ3) is 4.16. The van der Waals surface area contributed by atoms with E-state index in [0.717, 1.165) is 12.1 Å². The van der Waals surface area contributed by atoms with Crippen LogP contribution < -0.4 is 5.32 Å². The summed E-state index contributed by atoms with van der Waals surface area (Å²) in [5.41, 5.74) is -0.614. The zero-order chi connectivity index (χ0) is 15.3. The zero-order valence-electron chi connectivity index (χ0n) is 11.2. The lowest BCUT2D eigenvalue weighted by Gasteiger charge is -2.18. The molecule has 0 saturated carbocycles. The summed E-state index contributed by atoms with van der Waals surface area (Å²) in [5, 5.41) is 31.8. The fourth-order valence-corrected chi connectivity index (χ4v) is 1.77. The average Bonchev–Trinajstić information content (AvgIpc) is 2.36. The van der Waals surface area contributed by atoms with Crippen LogP contribution in [0.15, 0.2) is 12.1 Å². The summed E-state index contributed by atoms with van der Waals surface area (Å²) in [6.45, 7) is 3.66. The maximum Gasteiger partial charge on any atom is 0.354 e. The van der Waals surface area contributed by atoms with Gasteiger partial charge >= 0.3 is 11.7 Å². The van der Waals surface area contributed by atoms with Gasteiger partial charge in [-0.1, -0.05) is 13.8 Å². The Hall–Kier alpha value is -2.22. The largest absolute Gasteiger partial charge is 0.477 e. The van der Waals surface area contributed by atoms with E-state index in [4.69, 9.17) is 5.11 Å². The molecule has 1 heterocycles. The highest BCUT2D eigenvalue weighted by Crippen LogP contribution is 2.24. The second-order valence-electron chi connectivity index (χ2n) is 4.78. The molecule has 0 fully saturated rings. The van der Waals surface area contributed by atoms with Crippen molar-refractivity contribution < 1.29 is 19.9 Å². The van der Waals surface area contributed by atoms with Crippen LogP contribution in [0.1, 0.15) is 30.8 Å². The number of nitrogens with zero attached hydrogens (tertiary/aromatic N) is 2. The van der Waals surface area contributed by atoms with E-state index < -0.39 is 16.9 Å². The highest BCUT2D eigenvalue weighted by Gasteiger charge is 2.21. The van der Waals surface area contributed by atoms with Crippen LogP contribution in [-0.2, 0) is 0 Å². The summed E-state index contributed by atoms with van der Waals surface area (Å²) in [5.74, 6) is -1.15. The molecule has 8 nitrogen and oxygen atoms in total. The predicted octanol–water partition coefficient (Wildman–Crippen LogP) is 1.51. The summed E-state index contributed by atoms with van der Waals surface area (Å²) in [7, 11) is 0. The van der Waals surface area contributed by atoms with Crippen molar-refractivity contribution in [3.8, 4) is 0 Å². The number of pyridine rings is 1. The number of hydrogen-bond donors (Lipinski definition) is 3. The molecule has 0 aliphatic rings. The first kappa shape index (κ1) is 15.8. The van der Waals surface area contributed by atoms with Gasteiger partial charge in [-0.15, -0.1) is 0 Å². The molecule has 0 bridgehead atoms. The van der Waals surface area contributed by atoms with E-state index in [1.807, 2.05) is 13.8 Å². The topological polar surface area (TPSA) is 126 Å². The van der Waals surface area contributed by atoms with Gasteiger partial charge in [0.05, 0.1) is 17.6 Å². The van der Waals surface area contributed by atoms with Crippen LogP contribution in [-0.4, -0.2) is 38.7 Å². The number of aromatic carboxylic acids is 1. The Labute approximate surface area is 115 Å². The molecule has 0 spiro atoms. The Morgan fingerprint density at radius 2 is 2.15 bits per heavy atom. The van der Waals surface area contributed by atoms with Crippen molar-refractivity contribution in [2.45, 2.75) is 26.3 Å². The summed E-state index contributed by atoms with van der Waals surface area (Å²) in [6.07, 6.45) is 0.576. The minimum absolute atomic E-state index is 0.144. The summed E-state index contributed by atoms with van der Waals surface area (Å²) >= 11 is 0. The van der Waals surface area contributed by atoms with Crippen LogP contribution in [0.25, 0.3) is 0 Å². The molecule has 110 valence electrons. The van der Waals surface area contributed by atoms with E-state index in [1.54, 1.807) is 0 Å². The third-order valence-electron chi connectivity index (χ3n) is 2.61. The predicted molar refractivity (Wildman–Crippen MR) is 71.8 cm³/mol. The van der Waals surface area contributed by atoms with Crippen LogP contribution in [0.5, 0.6) is 0 Å². The lowest BCUT2D eigenvalue weighted by Crippen LogP contribution is -2.27.